The molecule has 2 aliphatic heterocycles. The van der Waals surface area contributed by atoms with Gasteiger partial charge in [-0.2, -0.15) is 13.2 Å². The molecule has 2 aliphatic rings. The van der Waals surface area contributed by atoms with Crippen LogP contribution in [0, 0.1) is 0 Å². The van der Waals surface area contributed by atoms with Gasteiger partial charge in [0.25, 0.3) is 11.8 Å². The molecule has 35 heavy (non-hydrogen) atoms. The minimum absolute atomic E-state index is 0.00253. The van der Waals surface area contributed by atoms with E-state index in [2.05, 4.69) is 9.97 Å². The number of hydrogen-bond acceptors (Lipinski definition) is 5. The van der Waals surface area contributed by atoms with Gasteiger partial charge in [0.2, 0.25) is 5.88 Å². The molecular formula is C24H21F5N4O2. The molecule has 0 aliphatic carbocycles. The normalized spacial score (nSPS) is 22.3. The second-order valence-corrected chi connectivity index (χ2v) is 8.99. The first-order valence-corrected chi connectivity index (χ1v) is 11.0. The number of aromatic nitrogens is 2. The predicted molar refractivity (Wildman–Crippen MR) is 116 cm³/mol. The number of fused-ring (bicyclic) bond motifs is 2. The average Bonchev–Trinajstić information content (AvgIpc) is 3.10. The fraction of sp³-hybridized carbons (Fsp3) is 0.375. The Kier molecular flexibility index (Phi) is 5.62. The summed E-state index contributed by atoms with van der Waals surface area (Å²) < 4.78 is 71.3. The number of alkyl halides is 5. The van der Waals surface area contributed by atoms with Gasteiger partial charge >= 0.3 is 6.18 Å². The third-order valence-electron chi connectivity index (χ3n) is 6.35. The van der Waals surface area contributed by atoms with Crippen molar-refractivity contribution >= 4 is 16.8 Å². The monoisotopic (exact) mass is 492 g/mol. The number of benzene rings is 1. The van der Waals surface area contributed by atoms with E-state index in [1.165, 1.54) is 0 Å². The maximum atomic E-state index is 13.8. The molecule has 4 heterocycles. The topological polar surface area (TPSA) is 58.6 Å². The molecule has 0 N–H and O–H groups in total. The van der Waals surface area contributed by atoms with Gasteiger partial charge in [0, 0.05) is 49.2 Å². The molecule has 0 saturated carbocycles. The van der Waals surface area contributed by atoms with E-state index >= 15 is 0 Å². The molecule has 6 nitrogen and oxygen atoms in total. The Morgan fingerprint density at radius 3 is 2.63 bits per heavy atom. The molecule has 0 spiro atoms. The minimum atomic E-state index is -4.48. The highest BCUT2D eigenvalue weighted by Crippen LogP contribution is 2.35. The van der Waals surface area contributed by atoms with Crippen molar-refractivity contribution in [3.05, 3.63) is 59.9 Å². The Morgan fingerprint density at radius 2 is 1.91 bits per heavy atom. The zero-order valence-corrected chi connectivity index (χ0v) is 18.6. The summed E-state index contributed by atoms with van der Waals surface area (Å²) in [5.74, 6) is -2.70. The lowest BCUT2D eigenvalue weighted by Crippen LogP contribution is -2.56. The van der Waals surface area contributed by atoms with Crippen LogP contribution < -0.4 is 4.74 Å². The van der Waals surface area contributed by atoms with Crippen LogP contribution in [0.3, 0.4) is 0 Å². The standard InChI is InChI=1S/C24H21F5N4O2/c1-14-11-32-13-23(25,26)9-17(32)12-33(14)22(34)20-5-2-15-8-18(4-6-19(15)31-20)35-21-7-3-16(10-30-21)24(27,28)29/h2-8,10,14,17H,9,11-13H2,1H3/t14-,17-/m1/s1. The van der Waals surface area contributed by atoms with E-state index in [4.69, 9.17) is 4.74 Å². The molecule has 1 amide bonds. The van der Waals surface area contributed by atoms with Crippen LogP contribution in [0.25, 0.3) is 10.9 Å². The average molecular weight is 492 g/mol. The fourth-order valence-electron chi connectivity index (χ4n) is 4.65. The van der Waals surface area contributed by atoms with Crippen molar-refractivity contribution in [2.75, 3.05) is 19.6 Å². The lowest BCUT2D eigenvalue weighted by molar-refractivity contribution is -0.137. The summed E-state index contributed by atoms with van der Waals surface area (Å²) in [4.78, 5) is 24.6. The van der Waals surface area contributed by atoms with E-state index in [1.54, 1.807) is 40.1 Å². The van der Waals surface area contributed by atoms with Gasteiger partial charge in [-0.1, -0.05) is 6.07 Å². The molecule has 2 saturated heterocycles. The predicted octanol–water partition coefficient (Wildman–Crippen LogP) is 4.99. The van der Waals surface area contributed by atoms with Crippen LogP contribution in [0.4, 0.5) is 22.0 Å². The summed E-state index contributed by atoms with van der Waals surface area (Å²) in [6, 6.07) is 9.51. The minimum Gasteiger partial charge on any atom is -0.439 e. The van der Waals surface area contributed by atoms with E-state index in [-0.39, 0.29) is 49.1 Å². The molecule has 184 valence electrons. The first-order valence-electron chi connectivity index (χ1n) is 11.0. The van der Waals surface area contributed by atoms with E-state index in [1.807, 2.05) is 6.92 Å². The van der Waals surface area contributed by atoms with Gasteiger partial charge in [0.1, 0.15) is 11.4 Å². The van der Waals surface area contributed by atoms with Crippen LogP contribution >= 0.6 is 0 Å². The lowest BCUT2D eigenvalue weighted by Gasteiger charge is -2.41. The summed E-state index contributed by atoms with van der Waals surface area (Å²) >= 11 is 0. The zero-order chi connectivity index (χ0) is 25.0. The van der Waals surface area contributed by atoms with Crippen molar-refractivity contribution in [1.29, 1.82) is 0 Å². The maximum absolute atomic E-state index is 13.8. The molecule has 11 heteroatoms. The Labute approximate surface area is 197 Å². The van der Waals surface area contributed by atoms with Crippen LogP contribution in [-0.4, -0.2) is 63.3 Å². The number of halogens is 5. The number of piperazine rings is 1. The number of nitrogens with zero attached hydrogens (tertiary/aromatic N) is 4. The first-order chi connectivity index (χ1) is 16.5. The van der Waals surface area contributed by atoms with E-state index in [0.717, 1.165) is 12.1 Å². The highest BCUT2D eigenvalue weighted by atomic mass is 19.4. The van der Waals surface area contributed by atoms with Gasteiger partial charge < -0.3 is 9.64 Å². The van der Waals surface area contributed by atoms with Crippen molar-refractivity contribution in [3.8, 4) is 11.6 Å². The molecule has 0 radical (unpaired) electrons. The number of ether oxygens (including phenoxy) is 1. The van der Waals surface area contributed by atoms with Crippen molar-refractivity contribution in [3.63, 3.8) is 0 Å². The summed E-state index contributed by atoms with van der Waals surface area (Å²) in [5, 5.41) is 0.652. The second kappa shape index (κ2) is 8.40. The Morgan fingerprint density at radius 1 is 1.11 bits per heavy atom. The number of carbonyl (C=O) groups is 1. The van der Waals surface area contributed by atoms with Crippen LogP contribution in [0.2, 0.25) is 0 Å². The van der Waals surface area contributed by atoms with Gasteiger partial charge in [-0.3, -0.25) is 9.69 Å². The highest BCUT2D eigenvalue weighted by Gasteiger charge is 2.49. The summed E-state index contributed by atoms with van der Waals surface area (Å²) in [6.45, 7) is 2.18. The summed E-state index contributed by atoms with van der Waals surface area (Å²) in [5.41, 5.74) is -0.148. The van der Waals surface area contributed by atoms with Crippen molar-refractivity contribution in [1.82, 2.24) is 19.8 Å². The summed E-state index contributed by atoms with van der Waals surface area (Å²) in [6.07, 6.45) is -4.04. The molecule has 0 unspecified atom stereocenters. The lowest BCUT2D eigenvalue weighted by atomic mass is 10.1. The molecular weight excluding hydrogens is 471 g/mol. The fourth-order valence-corrected chi connectivity index (χ4v) is 4.65. The van der Waals surface area contributed by atoms with Gasteiger partial charge in [-0.25, -0.2) is 18.7 Å². The first kappa shape index (κ1) is 23.4. The molecule has 2 aromatic heterocycles. The Bertz CT molecular complexity index is 1260. The van der Waals surface area contributed by atoms with Crippen molar-refractivity contribution < 1.29 is 31.5 Å². The van der Waals surface area contributed by atoms with Crippen LogP contribution in [0.15, 0.2) is 48.7 Å². The molecule has 3 aromatic rings. The van der Waals surface area contributed by atoms with Crippen LogP contribution in [0.1, 0.15) is 29.4 Å². The van der Waals surface area contributed by atoms with E-state index in [0.29, 0.717) is 29.4 Å². The summed E-state index contributed by atoms with van der Waals surface area (Å²) in [7, 11) is 0. The largest absolute Gasteiger partial charge is 0.439 e. The highest BCUT2D eigenvalue weighted by molar-refractivity contribution is 5.95. The number of carbonyl (C=O) groups excluding carboxylic acids is 1. The number of pyridine rings is 2. The molecule has 2 atom stereocenters. The Hall–Kier alpha value is -3.34. The van der Waals surface area contributed by atoms with Gasteiger partial charge in [0.15, 0.2) is 0 Å². The van der Waals surface area contributed by atoms with Crippen LogP contribution in [-0.2, 0) is 6.18 Å². The third-order valence-corrected chi connectivity index (χ3v) is 6.35. The number of amides is 1. The van der Waals surface area contributed by atoms with Gasteiger partial charge in [-0.15, -0.1) is 0 Å². The second-order valence-electron chi connectivity index (χ2n) is 8.99. The van der Waals surface area contributed by atoms with E-state index in [9.17, 15) is 26.7 Å². The zero-order valence-electron chi connectivity index (χ0n) is 18.6. The molecule has 2 fully saturated rings. The smallest absolute Gasteiger partial charge is 0.417 e. The quantitative estimate of drug-likeness (QED) is 0.482. The third kappa shape index (κ3) is 4.77. The van der Waals surface area contributed by atoms with E-state index < -0.39 is 17.7 Å². The van der Waals surface area contributed by atoms with Crippen molar-refractivity contribution in [2.24, 2.45) is 0 Å². The van der Waals surface area contributed by atoms with Crippen molar-refractivity contribution in [2.45, 2.75) is 37.5 Å². The van der Waals surface area contributed by atoms with Crippen LogP contribution in [0.5, 0.6) is 11.6 Å². The Balaban J connectivity index is 1.31. The molecule has 1 aromatic carbocycles. The molecule has 0 bridgehead atoms. The maximum Gasteiger partial charge on any atom is 0.417 e. The molecule has 5 rings (SSSR count). The number of rotatable bonds is 3. The van der Waals surface area contributed by atoms with Gasteiger partial charge in [-0.05, 0) is 37.3 Å². The van der Waals surface area contributed by atoms with Gasteiger partial charge in [0.05, 0.1) is 17.6 Å². The number of hydrogen-bond donors (Lipinski definition) is 0. The SMILES string of the molecule is C[C@@H]1CN2CC(F)(F)C[C@@H]2CN1C(=O)c1ccc2cc(Oc3ccc(C(F)(F)F)cn3)ccc2n1.